The van der Waals surface area contributed by atoms with Crippen LogP contribution in [-0.2, 0) is 14.3 Å². The molecule has 0 aromatic carbocycles. The van der Waals surface area contributed by atoms with E-state index in [2.05, 4.69) is 5.32 Å². The molecule has 0 spiro atoms. The minimum atomic E-state index is -1.06. The van der Waals surface area contributed by atoms with Gasteiger partial charge in [-0.05, 0) is 6.42 Å². The van der Waals surface area contributed by atoms with Crippen LogP contribution >= 0.6 is 0 Å². The topological polar surface area (TPSA) is 95.9 Å². The van der Waals surface area contributed by atoms with E-state index >= 15 is 0 Å². The highest BCUT2D eigenvalue weighted by molar-refractivity contribution is 5.95. The number of aliphatic carboxylic acids is 1. The molecule has 1 aliphatic rings. The third-order valence-electron chi connectivity index (χ3n) is 2.77. The number of carbonyl (C=O) groups excluding carboxylic acids is 2. The van der Waals surface area contributed by atoms with Crippen LogP contribution in [0.5, 0.6) is 0 Å². The van der Waals surface area contributed by atoms with Gasteiger partial charge in [0, 0.05) is 13.0 Å². The molecule has 1 fully saturated rings. The highest BCUT2D eigenvalue weighted by Crippen LogP contribution is 2.10. The van der Waals surface area contributed by atoms with Crippen molar-refractivity contribution in [3.63, 3.8) is 0 Å². The molecule has 18 heavy (non-hydrogen) atoms. The maximum atomic E-state index is 11.8. The van der Waals surface area contributed by atoms with E-state index in [1.807, 2.05) is 6.92 Å². The van der Waals surface area contributed by atoms with Gasteiger partial charge in [0.1, 0.15) is 0 Å². The molecule has 2 N–H and O–H groups in total. The van der Waals surface area contributed by atoms with Crippen molar-refractivity contribution < 1.29 is 24.2 Å². The average Bonchev–Trinajstić information content (AvgIpc) is 2.36. The third-order valence-corrected chi connectivity index (χ3v) is 2.77. The number of amides is 3. The monoisotopic (exact) mass is 258 g/mol. The summed E-state index contributed by atoms with van der Waals surface area (Å²) >= 11 is 0. The van der Waals surface area contributed by atoms with Crippen molar-refractivity contribution in [2.45, 2.75) is 32.2 Å². The summed E-state index contributed by atoms with van der Waals surface area (Å²) in [6, 6.07) is -0.508. The lowest BCUT2D eigenvalue weighted by Crippen LogP contribution is -2.53. The molecule has 0 aliphatic carbocycles. The minimum Gasteiger partial charge on any atom is -0.481 e. The van der Waals surface area contributed by atoms with E-state index in [9.17, 15) is 14.4 Å². The van der Waals surface area contributed by atoms with Gasteiger partial charge in [0.2, 0.25) is 5.91 Å². The smallest absolute Gasteiger partial charge is 0.324 e. The van der Waals surface area contributed by atoms with E-state index in [4.69, 9.17) is 9.84 Å². The van der Waals surface area contributed by atoms with Crippen LogP contribution in [0.3, 0.4) is 0 Å². The summed E-state index contributed by atoms with van der Waals surface area (Å²) in [6.45, 7) is 3.29. The Bertz CT molecular complexity index is 331. The molecule has 7 heteroatoms. The van der Waals surface area contributed by atoms with Crippen LogP contribution in [0, 0.1) is 0 Å². The van der Waals surface area contributed by atoms with Gasteiger partial charge in [-0.3, -0.25) is 14.9 Å². The Morgan fingerprint density at radius 3 is 2.72 bits per heavy atom. The zero-order valence-electron chi connectivity index (χ0n) is 10.3. The molecule has 1 rings (SSSR count). The molecule has 1 heterocycles. The molecule has 0 aromatic heterocycles. The number of morpholine rings is 1. The first-order valence-electron chi connectivity index (χ1n) is 5.94. The number of nitrogens with zero attached hydrogens (tertiary/aromatic N) is 1. The lowest BCUT2D eigenvalue weighted by atomic mass is 10.2. The lowest BCUT2D eigenvalue weighted by Gasteiger charge is -2.34. The average molecular weight is 258 g/mol. The number of ether oxygens (including phenoxy) is 1. The molecule has 102 valence electrons. The molecular formula is C11H18N2O5. The quantitative estimate of drug-likeness (QED) is 0.750. The van der Waals surface area contributed by atoms with Crippen LogP contribution in [0.4, 0.5) is 4.79 Å². The molecule has 1 aliphatic heterocycles. The number of carboxylic acids is 1. The van der Waals surface area contributed by atoms with Gasteiger partial charge in [-0.1, -0.05) is 6.92 Å². The van der Waals surface area contributed by atoms with E-state index in [0.717, 1.165) is 6.42 Å². The molecule has 3 amide bonds. The standard InChI is InChI=1S/C11H18N2O5/c1-2-8-7-18-6-5-13(8)11(17)12-9(14)3-4-10(15)16/h8H,2-7H2,1H3,(H,15,16)(H,12,14,17). The fraction of sp³-hybridized carbons (Fsp3) is 0.727. The van der Waals surface area contributed by atoms with Gasteiger partial charge in [-0.2, -0.15) is 0 Å². The molecule has 7 nitrogen and oxygen atoms in total. The van der Waals surface area contributed by atoms with Gasteiger partial charge in [-0.15, -0.1) is 0 Å². The maximum absolute atomic E-state index is 11.8. The molecule has 0 radical (unpaired) electrons. The number of carboxylic acid groups (broad SMARTS) is 1. The van der Waals surface area contributed by atoms with Crippen LogP contribution in [0.2, 0.25) is 0 Å². The molecular weight excluding hydrogens is 240 g/mol. The third kappa shape index (κ3) is 4.33. The van der Waals surface area contributed by atoms with Crippen molar-refractivity contribution in [1.29, 1.82) is 0 Å². The number of hydrogen-bond donors (Lipinski definition) is 2. The minimum absolute atomic E-state index is 0.0361. The van der Waals surface area contributed by atoms with Crippen molar-refractivity contribution in [1.82, 2.24) is 10.2 Å². The van der Waals surface area contributed by atoms with Crippen LogP contribution in [-0.4, -0.2) is 53.7 Å². The number of rotatable bonds is 4. The fourth-order valence-corrected chi connectivity index (χ4v) is 1.73. The lowest BCUT2D eigenvalue weighted by molar-refractivity contribution is -0.138. The zero-order valence-corrected chi connectivity index (χ0v) is 10.3. The highest BCUT2D eigenvalue weighted by Gasteiger charge is 2.26. The first-order valence-corrected chi connectivity index (χ1v) is 5.94. The predicted molar refractivity (Wildman–Crippen MR) is 62.0 cm³/mol. The largest absolute Gasteiger partial charge is 0.481 e. The van der Waals surface area contributed by atoms with Crippen molar-refractivity contribution in [2.24, 2.45) is 0 Å². The first kappa shape index (κ1) is 14.4. The number of carbonyl (C=O) groups is 3. The second-order valence-corrected chi connectivity index (χ2v) is 4.08. The number of nitrogens with one attached hydrogen (secondary N) is 1. The van der Waals surface area contributed by atoms with Crippen molar-refractivity contribution in [3.05, 3.63) is 0 Å². The maximum Gasteiger partial charge on any atom is 0.324 e. The molecule has 1 saturated heterocycles. The van der Waals surface area contributed by atoms with Gasteiger partial charge < -0.3 is 14.7 Å². The summed E-state index contributed by atoms with van der Waals surface area (Å²) in [5.74, 6) is -1.63. The van der Waals surface area contributed by atoms with Crippen LogP contribution in [0.25, 0.3) is 0 Å². The van der Waals surface area contributed by atoms with Crippen molar-refractivity contribution >= 4 is 17.9 Å². The molecule has 0 bridgehead atoms. The number of hydrogen-bond acceptors (Lipinski definition) is 4. The van der Waals surface area contributed by atoms with Gasteiger partial charge in [0.05, 0.1) is 25.7 Å². The summed E-state index contributed by atoms with van der Waals surface area (Å²) in [5, 5.41) is 10.6. The Labute approximate surface area is 105 Å². The van der Waals surface area contributed by atoms with E-state index in [1.165, 1.54) is 0 Å². The van der Waals surface area contributed by atoms with E-state index in [1.54, 1.807) is 4.90 Å². The summed E-state index contributed by atoms with van der Waals surface area (Å²) < 4.78 is 5.25. The Hall–Kier alpha value is -1.63. The van der Waals surface area contributed by atoms with E-state index in [-0.39, 0.29) is 18.9 Å². The Morgan fingerprint density at radius 2 is 2.11 bits per heavy atom. The molecule has 1 atom stereocenters. The summed E-state index contributed by atoms with van der Waals surface area (Å²) in [5.41, 5.74) is 0. The number of imide groups is 1. The van der Waals surface area contributed by atoms with Crippen molar-refractivity contribution in [2.75, 3.05) is 19.8 Å². The SMILES string of the molecule is CCC1COCCN1C(=O)NC(=O)CCC(=O)O. The Balaban J connectivity index is 2.43. The van der Waals surface area contributed by atoms with Gasteiger partial charge >= 0.3 is 12.0 Å². The Kier molecular flexibility index (Phi) is 5.57. The Morgan fingerprint density at radius 1 is 1.39 bits per heavy atom. The molecule has 1 unspecified atom stereocenters. The second-order valence-electron chi connectivity index (χ2n) is 4.08. The second kappa shape index (κ2) is 6.95. The van der Waals surface area contributed by atoms with Gasteiger partial charge in [0.15, 0.2) is 0 Å². The normalized spacial score (nSPS) is 19.4. The predicted octanol–water partition coefficient (Wildman–Crippen LogP) is 0.198. The van der Waals surface area contributed by atoms with E-state index in [0.29, 0.717) is 19.8 Å². The highest BCUT2D eigenvalue weighted by atomic mass is 16.5. The van der Waals surface area contributed by atoms with E-state index < -0.39 is 17.9 Å². The summed E-state index contributed by atoms with van der Waals surface area (Å²) in [6.07, 6.45) is 0.276. The molecule has 0 saturated carbocycles. The van der Waals surface area contributed by atoms with Crippen molar-refractivity contribution in [3.8, 4) is 0 Å². The zero-order chi connectivity index (χ0) is 13.5. The first-order chi connectivity index (χ1) is 8.54. The van der Waals surface area contributed by atoms with Crippen LogP contribution in [0.15, 0.2) is 0 Å². The number of urea groups is 1. The van der Waals surface area contributed by atoms with Crippen LogP contribution in [0.1, 0.15) is 26.2 Å². The molecule has 0 aromatic rings. The summed E-state index contributed by atoms with van der Waals surface area (Å²) in [7, 11) is 0. The van der Waals surface area contributed by atoms with Gasteiger partial charge in [0.25, 0.3) is 0 Å². The fourth-order valence-electron chi connectivity index (χ4n) is 1.73. The summed E-state index contributed by atoms with van der Waals surface area (Å²) in [4.78, 5) is 35.0. The van der Waals surface area contributed by atoms with Crippen LogP contribution < -0.4 is 5.32 Å². The van der Waals surface area contributed by atoms with Gasteiger partial charge in [-0.25, -0.2) is 4.79 Å².